The highest BCUT2D eigenvalue weighted by molar-refractivity contribution is 7.19. The first-order valence-electron chi connectivity index (χ1n) is 12.3. The number of carbonyl (C=O) groups is 1. The third-order valence-electron chi connectivity index (χ3n) is 6.86. The maximum Gasteiger partial charge on any atom is 0.251 e. The summed E-state index contributed by atoms with van der Waals surface area (Å²) >= 11 is 1.74. The van der Waals surface area contributed by atoms with Gasteiger partial charge in [0.05, 0.1) is 35.1 Å². The van der Waals surface area contributed by atoms with Gasteiger partial charge in [-0.2, -0.15) is 5.10 Å². The monoisotopic (exact) mass is 507 g/mol. The maximum absolute atomic E-state index is 12.1. The number of aliphatic hydroxyl groups is 1. The van der Waals surface area contributed by atoms with Gasteiger partial charge in [0.2, 0.25) is 0 Å². The van der Waals surface area contributed by atoms with Crippen LogP contribution in [0, 0.1) is 0 Å². The highest BCUT2D eigenvalue weighted by Crippen LogP contribution is 2.36. The van der Waals surface area contributed by atoms with Crippen LogP contribution in [0.5, 0.6) is 0 Å². The molecule has 2 saturated heterocycles. The van der Waals surface area contributed by atoms with Gasteiger partial charge in [-0.25, -0.2) is 9.97 Å². The summed E-state index contributed by atoms with van der Waals surface area (Å²) in [5.74, 6) is 1.47. The molecule has 36 heavy (non-hydrogen) atoms. The fourth-order valence-electron chi connectivity index (χ4n) is 4.93. The average molecular weight is 508 g/mol. The summed E-state index contributed by atoms with van der Waals surface area (Å²) in [7, 11) is 0. The van der Waals surface area contributed by atoms with Crippen LogP contribution in [0.3, 0.4) is 0 Å². The number of nitrogens with one attached hydrogen (secondary N) is 1. The number of aliphatic hydroxyl groups excluding tert-OH is 1. The Morgan fingerprint density at radius 1 is 1.17 bits per heavy atom. The van der Waals surface area contributed by atoms with E-state index in [0.717, 1.165) is 65.2 Å². The Labute approximate surface area is 212 Å². The topological polar surface area (TPSA) is 111 Å². The number of rotatable bonds is 5. The molecule has 2 aliphatic rings. The Balaban J connectivity index is 1.32. The van der Waals surface area contributed by atoms with Crippen LogP contribution in [0.1, 0.15) is 11.8 Å². The molecule has 2 fully saturated rings. The Bertz CT molecular complexity index is 1390. The number of hydrogen-bond acceptors (Lipinski definition) is 9. The van der Waals surface area contributed by atoms with Gasteiger partial charge in [-0.05, 0) is 19.1 Å². The van der Waals surface area contributed by atoms with Crippen molar-refractivity contribution in [3.63, 3.8) is 0 Å². The van der Waals surface area contributed by atoms with E-state index in [2.05, 4.69) is 26.1 Å². The second-order valence-electron chi connectivity index (χ2n) is 9.31. The number of ether oxygens (including phenoxy) is 1. The third-order valence-corrected chi connectivity index (χ3v) is 7.97. The first kappa shape index (κ1) is 23.3. The zero-order chi connectivity index (χ0) is 24.6. The van der Waals surface area contributed by atoms with Crippen LogP contribution in [-0.2, 0) is 16.1 Å². The van der Waals surface area contributed by atoms with Crippen molar-refractivity contribution in [2.45, 2.75) is 19.6 Å². The number of morpholine rings is 1. The third kappa shape index (κ3) is 4.43. The molecule has 0 spiro atoms. The number of thiophene rings is 1. The standard InChI is InChI=1S/C25H29N7O3S/c1-16(33)25(34)32-7-5-30(6-8-32)15-17-13-21-22(36-17)24(31-9-11-35-12-10-31)28-23(27-21)18-3-2-4-20-19(18)14-26-29-20/h2-4,13-14,16,33H,5-12,15H2,1H3,(H,26,29). The number of anilines is 1. The average Bonchev–Trinajstić information content (AvgIpc) is 3.55. The minimum atomic E-state index is -0.946. The first-order chi connectivity index (χ1) is 17.6. The molecule has 188 valence electrons. The molecule has 10 nitrogen and oxygen atoms in total. The zero-order valence-corrected chi connectivity index (χ0v) is 21.0. The highest BCUT2D eigenvalue weighted by atomic mass is 32.1. The predicted octanol–water partition coefficient (Wildman–Crippen LogP) is 2.10. The molecular weight excluding hydrogens is 478 g/mol. The molecule has 0 bridgehead atoms. The van der Waals surface area contributed by atoms with E-state index in [1.807, 2.05) is 24.4 Å². The van der Waals surface area contributed by atoms with Crippen LogP contribution in [0.15, 0.2) is 30.5 Å². The summed E-state index contributed by atoms with van der Waals surface area (Å²) in [6, 6.07) is 8.23. The number of carbonyl (C=O) groups excluding carboxylic acids is 1. The second kappa shape index (κ2) is 9.74. The second-order valence-corrected chi connectivity index (χ2v) is 10.4. The van der Waals surface area contributed by atoms with E-state index in [1.54, 1.807) is 16.2 Å². The van der Waals surface area contributed by atoms with Crippen molar-refractivity contribution in [3.05, 3.63) is 35.3 Å². The maximum atomic E-state index is 12.1. The Hall–Kier alpha value is -3.12. The van der Waals surface area contributed by atoms with Gasteiger partial charge in [-0.3, -0.25) is 14.8 Å². The van der Waals surface area contributed by atoms with Crippen molar-refractivity contribution in [2.24, 2.45) is 0 Å². The molecule has 0 aliphatic carbocycles. The number of aromatic nitrogens is 4. The Morgan fingerprint density at radius 2 is 1.97 bits per heavy atom. The summed E-state index contributed by atoms with van der Waals surface area (Å²) in [4.78, 5) is 29.8. The van der Waals surface area contributed by atoms with Gasteiger partial charge >= 0.3 is 0 Å². The van der Waals surface area contributed by atoms with Crippen LogP contribution in [0.25, 0.3) is 32.5 Å². The molecule has 5 heterocycles. The molecule has 1 amide bonds. The molecule has 2 aliphatic heterocycles. The van der Waals surface area contributed by atoms with Crippen molar-refractivity contribution >= 4 is 44.2 Å². The quantitative estimate of drug-likeness (QED) is 0.423. The van der Waals surface area contributed by atoms with Crippen molar-refractivity contribution in [2.75, 3.05) is 57.4 Å². The lowest BCUT2D eigenvalue weighted by atomic mass is 10.1. The molecule has 11 heteroatoms. The normalized spacial score (nSPS) is 18.3. The molecule has 4 aromatic rings. The zero-order valence-electron chi connectivity index (χ0n) is 20.2. The molecular formula is C25H29N7O3S. The minimum absolute atomic E-state index is 0.192. The van der Waals surface area contributed by atoms with E-state index >= 15 is 0 Å². The van der Waals surface area contributed by atoms with Crippen LogP contribution in [0.4, 0.5) is 5.82 Å². The van der Waals surface area contributed by atoms with Crippen LogP contribution in [0.2, 0.25) is 0 Å². The lowest BCUT2D eigenvalue weighted by Crippen LogP contribution is -2.50. The van der Waals surface area contributed by atoms with Gasteiger partial charge in [-0.1, -0.05) is 12.1 Å². The van der Waals surface area contributed by atoms with Gasteiger partial charge < -0.3 is 19.6 Å². The number of aromatic amines is 1. The van der Waals surface area contributed by atoms with Gasteiger partial charge in [0, 0.05) is 61.6 Å². The van der Waals surface area contributed by atoms with Gasteiger partial charge in [0.25, 0.3) is 5.91 Å². The van der Waals surface area contributed by atoms with E-state index in [4.69, 9.17) is 14.7 Å². The number of fused-ring (bicyclic) bond motifs is 2. The van der Waals surface area contributed by atoms with E-state index in [9.17, 15) is 9.90 Å². The van der Waals surface area contributed by atoms with E-state index in [-0.39, 0.29) is 5.91 Å². The van der Waals surface area contributed by atoms with Gasteiger partial charge in [0.15, 0.2) is 11.6 Å². The summed E-state index contributed by atoms with van der Waals surface area (Å²) < 4.78 is 6.69. The molecule has 1 unspecified atom stereocenters. The van der Waals surface area contributed by atoms with E-state index in [1.165, 1.54) is 11.8 Å². The van der Waals surface area contributed by atoms with Crippen molar-refractivity contribution in [1.29, 1.82) is 0 Å². The van der Waals surface area contributed by atoms with Gasteiger partial charge in [0.1, 0.15) is 6.10 Å². The molecule has 0 saturated carbocycles. The SMILES string of the molecule is CC(O)C(=O)N1CCN(Cc2cc3nc(-c4cccc5[nH]ncc45)nc(N4CCOCC4)c3s2)CC1. The Kier molecular flexibility index (Phi) is 6.30. The van der Waals surface area contributed by atoms with E-state index < -0.39 is 6.10 Å². The first-order valence-corrected chi connectivity index (χ1v) is 13.1. The van der Waals surface area contributed by atoms with Crippen LogP contribution >= 0.6 is 11.3 Å². The number of hydrogen-bond donors (Lipinski definition) is 2. The summed E-state index contributed by atoms with van der Waals surface area (Å²) in [5, 5.41) is 17.9. The molecule has 3 aromatic heterocycles. The lowest BCUT2D eigenvalue weighted by molar-refractivity contribution is -0.141. The fraction of sp³-hybridized carbons (Fsp3) is 0.440. The number of amides is 1. The fourth-order valence-corrected chi connectivity index (χ4v) is 6.08. The molecule has 1 atom stereocenters. The summed E-state index contributed by atoms with van der Waals surface area (Å²) in [6.07, 6.45) is 0.881. The Morgan fingerprint density at radius 3 is 2.75 bits per heavy atom. The molecule has 6 rings (SSSR count). The highest BCUT2D eigenvalue weighted by Gasteiger charge is 2.25. The smallest absolute Gasteiger partial charge is 0.251 e. The molecule has 1 aromatic carbocycles. The number of nitrogens with zero attached hydrogens (tertiary/aromatic N) is 6. The summed E-state index contributed by atoms with van der Waals surface area (Å²) in [5.41, 5.74) is 2.87. The minimum Gasteiger partial charge on any atom is -0.384 e. The molecule has 0 radical (unpaired) electrons. The van der Waals surface area contributed by atoms with Gasteiger partial charge in [-0.15, -0.1) is 11.3 Å². The number of piperazine rings is 1. The van der Waals surface area contributed by atoms with Crippen LogP contribution < -0.4 is 4.90 Å². The summed E-state index contributed by atoms with van der Waals surface area (Å²) in [6.45, 7) is 8.12. The largest absolute Gasteiger partial charge is 0.384 e. The predicted molar refractivity (Wildman–Crippen MR) is 139 cm³/mol. The number of benzene rings is 1. The number of H-pyrrole nitrogens is 1. The van der Waals surface area contributed by atoms with E-state index in [0.29, 0.717) is 32.1 Å². The lowest BCUT2D eigenvalue weighted by Gasteiger charge is -2.35. The molecule has 2 N–H and O–H groups in total. The van der Waals surface area contributed by atoms with Crippen molar-refractivity contribution in [3.8, 4) is 11.4 Å². The van der Waals surface area contributed by atoms with Crippen molar-refractivity contribution < 1.29 is 14.6 Å². The van der Waals surface area contributed by atoms with Crippen molar-refractivity contribution in [1.82, 2.24) is 30.0 Å². The van der Waals surface area contributed by atoms with Crippen LogP contribution in [-0.4, -0.2) is 99.6 Å².